The van der Waals surface area contributed by atoms with E-state index in [1.54, 1.807) is 0 Å². The summed E-state index contributed by atoms with van der Waals surface area (Å²) in [5.74, 6) is -0.404. The Labute approximate surface area is 96.7 Å². The van der Waals surface area contributed by atoms with Crippen LogP contribution in [0.1, 0.15) is 39.5 Å². The maximum absolute atomic E-state index is 11.4. The van der Waals surface area contributed by atoms with Gasteiger partial charge in [0.05, 0.1) is 7.11 Å². The van der Waals surface area contributed by atoms with Gasteiger partial charge in [0, 0.05) is 6.04 Å². The van der Waals surface area contributed by atoms with E-state index in [1.165, 1.54) is 13.5 Å². The molecular weight excluding hydrogens is 206 g/mol. The molecule has 0 aliphatic heterocycles. The molecule has 1 rings (SSSR count). The van der Waals surface area contributed by atoms with Gasteiger partial charge in [0.2, 0.25) is 0 Å². The summed E-state index contributed by atoms with van der Waals surface area (Å²) in [6, 6.07) is 0.125. The zero-order valence-corrected chi connectivity index (χ0v) is 10.3. The fourth-order valence-corrected chi connectivity index (χ4v) is 2.46. The van der Waals surface area contributed by atoms with E-state index in [-0.39, 0.29) is 6.04 Å². The molecule has 1 N–H and O–H groups in total. The minimum Gasteiger partial charge on any atom is -0.462 e. The average Bonchev–Trinajstić information content (AvgIpc) is 2.28. The standard InChI is InChI=1S/C12H21NO3/c1-8(2)9-6-4-5-7-10(9)13-11(14)12(15)16-3/h8-10H,4-7H2,1-3H3,(H,13,14). The van der Waals surface area contributed by atoms with Crippen LogP contribution in [0, 0.1) is 11.8 Å². The van der Waals surface area contributed by atoms with Crippen molar-refractivity contribution in [2.24, 2.45) is 11.8 Å². The summed E-state index contributed by atoms with van der Waals surface area (Å²) in [5, 5.41) is 2.79. The second-order valence-electron chi connectivity index (χ2n) is 4.76. The van der Waals surface area contributed by atoms with E-state index in [1.807, 2.05) is 0 Å². The average molecular weight is 227 g/mol. The van der Waals surface area contributed by atoms with Crippen LogP contribution < -0.4 is 5.32 Å². The van der Waals surface area contributed by atoms with Crippen LogP contribution >= 0.6 is 0 Å². The van der Waals surface area contributed by atoms with Crippen LogP contribution in [0.25, 0.3) is 0 Å². The first-order valence-electron chi connectivity index (χ1n) is 5.95. The van der Waals surface area contributed by atoms with E-state index in [9.17, 15) is 9.59 Å². The number of hydrogen-bond acceptors (Lipinski definition) is 3. The lowest BCUT2D eigenvalue weighted by Gasteiger charge is -2.34. The Morgan fingerprint density at radius 3 is 2.44 bits per heavy atom. The van der Waals surface area contributed by atoms with E-state index in [2.05, 4.69) is 23.9 Å². The number of carbonyl (C=O) groups is 2. The van der Waals surface area contributed by atoms with Crippen LogP contribution in [0.2, 0.25) is 0 Å². The van der Waals surface area contributed by atoms with Crippen LogP contribution in [-0.2, 0) is 14.3 Å². The zero-order valence-electron chi connectivity index (χ0n) is 10.3. The Bertz CT molecular complexity index is 263. The molecule has 92 valence electrons. The lowest BCUT2D eigenvalue weighted by molar-refractivity contribution is -0.153. The van der Waals surface area contributed by atoms with Gasteiger partial charge in [-0.3, -0.25) is 4.79 Å². The monoisotopic (exact) mass is 227 g/mol. The molecule has 0 spiro atoms. The maximum Gasteiger partial charge on any atom is 0.396 e. The van der Waals surface area contributed by atoms with E-state index in [0.717, 1.165) is 19.3 Å². The largest absolute Gasteiger partial charge is 0.462 e. The summed E-state index contributed by atoms with van der Waals surface area (Å²) in [7, 11) is 1.22. The summed E-state index contributed by atoms with van der Waals surface area (Å²) >= 11 is 0. The van der Waals surface area contributed by atoms with Crippen molar-refractivity contribution in [1.29, 1.82) is 0 Å². The van der Waals surface area contributed by atoms with Crippen LogP contribution in [0.4, 0.5) is 0 Å². The van der Waals surface area contributed by atoms with Crippen LogP contribution in [-0.4, -0.2) is 25.0 Å². The van der Waals surface area contributed by atoms with Gasteiger partial charge in [0.25, 0.3) is 0 Å². The summed E-state index contributed by atoms with van der Waals surface area (Å²) in [5.41, 5.74) is 0. The third-order valence-electron chi connectivity index (χ3n) is 3.36. The Balaban J connectivity index is 2.56. The number of nitrogens with one attached hydrogen (secondary N) is 1. The molecule has 0 radical (unpaired) electrons. The fourth-order valence-electron chi connectivity index (χ4n) is 2.46. The molecule has 0 aromatic carbocycles. The second kappa shape index (κ2) is 5.87. The molecule has 0 saturated heterocycles. The highest BCUT2D eigenvalue weighted by atomic mass is 16.5. The number of amides is 1. The van der Waals surface area contributed by atoms with Gasteiger partial charge >= 0.3 is 11.9 Å². The molecule has 2 atom stereocenters. The smallest absolute Gasteiger partial charge is 0.396 e. The molecule has 16 heavy (non-hydrogen) atoms. The molecular formula is C12H21NO3. The molecule has 0 bridgehead atoms. The summed E-state index contributed by atoms with van der Waals surface area (Å²) in [4.78, 5) is 22.5. The first kappa shape index (κ1) is 13.0. The van der Waals surface area contributed by atoms with Crippen molar-refractivity contribution >= 4 is 11.9 Å². The summed E-state index contributed by atoms with van der Waals surface area (Å²) in [6.45, 7) is 4.32. The molecule has 1 aliphatic rings. The minimum atomic E-state index is -0.798. The Hall–Kier alpha value is -1.06. The predicted molar refractivity (Wildman–Crippen MR) is 60.7 cm³/mol. The normalized spacial score (nSPS) is 25.2. The molecule has 0 heterocycles. The van der Waals surface area contributed by atoms with Crippen LogP contribution in [0.15, 0.2) is 0 Å². The van der Waals surface area contributed by atoms with Gasteiger partial charge < -0.3 is 10.1 Å². The van der Waals surface area contributed by atoms with E-state index < -0.39 is 11.9 Å². The lowest BCUT2D eigenvalue weighted by Crippen LogP contribution is -2.46. The number of methoxy groups -OCH3 is 1. The number of ether oxygens (including phenoxy) is 1. The minimum absolute atomic E-state index is 0.125. The van der Waals surface area contributed by atoms with Crippen LogP contribution in [0.5, 0.6) is 0 Å². The van der Waals surface area contributed by atoms with Gasteiger partial charge in [-0.1, -0.05) is 26.7 Å². The Morgan fingerprint density at radius 1 is 1.25 bits per heavy atom. The van der Waals surface area contributed by atoms with Crippen molar-refractivity contribution in [3.63, 3.8) is 0 Å². The quantitative estimate of drug-likeness (QED) is 0.574. The van der Waals surface area contributed by atoms with Crippen molar-refractivity contribution in [3.05, 3.63) is 0 Å². The molecule has 1 amide bonds. The van der Waals surface area contributed by atoms with Gasteiger partial charge in [-0.25, -0.2) is 4.79 Å². The lowest BCUT2D eigenvalue weighted by atomic mass is 9.78. The number of esters is 1. The first-order chi connectivity index (χ1) is 7.56. The maximum atomic E-state index is 11.4. The molecule has 1 fully saturated rings. The zero-order chi connectivity index (χ0) is 12.1. The number of carbonyl (C=O) groups excluding carboxylic acids is 2. The highest BCUT2D eigenvalue weighted by Crippen LogP contribution is 2.30. The highest BCUT2D eigenvalue weighted by molar-refractivity contribution is 6.32. The number of hydrogen-bond donors (Lipinski definition) is 1. The second-order valence-corrected chi connectivity index (χ2v) is 4.76. The Morgan fingerprint density at radius 2 is 1.88 bits per heavy atom. The van der Waals surface area contributed by atoms with Crippen molar-refractivity contribution < 1.29 is 14.3 Å². The summed E-state index contributed by atoms with van der Waals surface area (Å²) < 4.78 is 4.40. The Kier molecular flexibility index (Phi) is 4.77. The van der Waals surface area contributed by atoms with Gasteiger partial charge in [0.15, 0.2) is 0 Å². The van der Waals surface area contributed by atoms with E-state index in [4.69, 9.17) is 0 Å². The highest BCUT2D eigenvalue weighted by Gasteiger charge is 2.30. The topological polar surface area (TPSA) is 55.4 Å². The third-order valence-corrected chi connectivity index (χ3v) is 3.36. The van der Waals surface area contributed by atoms with Gasteiger partial charge in [-0.05, 0) is 24.7 Å². The number of rotatable bonds is 2. The van der Waals surface area contributed by atoms with Crippen molar-refractivity contribution in [2.75, 3.05) is 7.11 Å². The van der Waals surface area contributed by atoms with E-state index in [0.29, 0.717) is 11.8 Å². The molecule has 1 saturated carbocycles. The van der Waals surface area contributed by atoms with Gasteiger partial charge in [-0.2, -0.15) is 0 Å². The van der Waals surface area contributed by atoms with Crippen LogP contribution in [0.3, 0.4) is 0 Å². The molecule has 0 aromatic heterocycles. The third kappa shape index (κ3) is 3.22. The predicted octanol–water partition coefficient (Wildman–Crippen LogP) is 1.49. The van der Waals surface area contributed by atoms with Crippen molar-refractivity contribution in [3.8, 4) is 0 Å². The SMILES string of the molecule is COC(=O)C(=O)NC1CCCCC1C(C)C. The van der Waals surface area contributed by atoms with Crippen molar-refractivity contribution in [2.45, 2.75) is 45.6 Å². The first-order valence-corrected chi connectivity index (χ1v) is 5.95. The van der Waals surface area contributed by atoms with Gasteiger partial charge in [0.1, 0.15) is 0 Å². The molecule has 1 aliphatic carbocycles. The van der Waals surface area contributed by atoms with Crippen molar-refractivity contribution in [1.82, 2.24) is 5.32 Å². The fraction of sp³-hybridized carbons (Fsp3) is 0.833. The molecule has 0 aromatic rings. The van der Waals surface area contributed by atoms with Gasteiger partial charge in [-0.15, -0.1) is 0 Å². The molecule has 4 nitrogen and oxygen atoms in total. The molecule has 2 unspecified atom stereocenters. The summed E-state index contributed by atoms with van der Waals surface area (Å²) in [6.07, 6.45) is 4.43. The van der Waals surface area contributed by atoms with E-state index >= 15 is 0 Å². The molecule has 4 heteroatoms.